The zero-order chi connectivity index (χ0) is 27.8. The van der Waals surface area contributed by atoms with Gasteiger partial charge >= 0.3 is 6.09 Å². The predicted octanol–water partition coefficient (Wildman–Crippen LogP) is 6.22. The molecule has 0 saturated heterocycles. The first-order valence-corrected chi connectivity index (χ1v) is 13.1. The molecule has 2 aromatic rings. The Balaban J connectivity index is 2.47. The quantitative estimate of drug-likeness (QED) is 0.372. The van der Waals surface area contributed by atoms with E-state index in [1.54, 1.807) is 32.6 Å². The van der Waals surface area contributed by atoms with E-state index in [4.69, 9.17) is 4.74 Å². The number of alkyl carbamates (subject to hydrolysis) is 1. The molecule has 2 N–H and O–H groups in total. The van der Waals surface area contributed by atoms with E-state index < -0.39 is 23.8 Å². The maximum absolute atomic E-state index is 13.9. The lowest BCUT2D eigenvalue weighted by Gasteiger charge is -2.34. The third-order valence-electron chi connectivity index (χ3n) is 6.04. The molecular weight excluding hydrogens is 466 g/mol. The van der Waals surface area contributed by atoms with E-state index in [9.17, 15) is 14.4 Å². The van der Waals surface area contributed by atoms with Crippen LogP contribution in [0, 0.1) is 20.8 Å². The summed E-state index contributed by atoms with van der Waals surface area (Å²) in [5, 5.41) is 5.74. The molecule has 0 aromatic heterocycles. The van der Waals surface area contributed by atoms with Crippen molar-refractivity contribution < 1.29 is 19.1 Å². The smallest absolute Gasteiger partial charge is 0.408 e. The van der Waals surface area contributed by atoms with E-state index in [1.165, 1.54) is 0 Å². The van der Waals surface area contributed by atoms with E-state index in [2.05, 4.69) is 17.6 Å². The van der Waals surface area contributed by atoms with Crippen molar-refractivity contribution in [2.75, 3.05) is 11.9 Å². The molecule has 0 aliphatic rings. The first kappa shape index (κ1) is 29.9. The first-order chi connectivity index (χ1) is 17.3. The van der Waals surface area contributed by atoms with E-state index in [-0.39, 0.29) is 11.8 Å². The number of benzene rings is 2. The van der Waals surface area contributed by atoms with Gasteiger partial charge in [-0.25, -0.2) is 4.79 Å². The van der Waals surface area contributed by atoms with Crippen molar-refractivity contribution in [1.29, 1.82) is 0 Å². The van der Waals surface area contributed by atoms with Crippen LogP contribution in [0.4, 0.5) is 10.5 Å². The van der Waals surface area contributed by atoms with E-state index in [1.807, 2.05) is 63.2 Å². The molecule has 202 valence electrons. The van der Waals surface area contributed by atoms with Crippen molar-refractivity contribution >= 4 is 23.6 Å². The average molecular weight is 510 g/mol. The Hall–Kier alpha value is -3.35. The highest BCUT2D eigenvalue weighted by Gasteiger charge is 2.35. The van der Waals surface area contributed by atoms with Gasteiger partial charge in [0.25, 0.3) is 5.91 Å². The summed E-state index contributed by atoms with van der Waals surface area (Å²) in [5.74, 6) is -0.637. The second-order valence-electron chi connectivity index (χ2n) is 10.7. The highest BCUT2D eigenvalue weighted by Crippen LogP contribution is 2.28. The lowest BCUT2D eigenvalue weighted by molar-refractivity contribution is -0.140. The number of ether oxygens (including phenoxy) is 1. The van der Waals surface area contributed by atoms with Gasteiger partial charge in [-0.1, -0.05) is 67.8 Å². The van der Waals surface area contributed by atoms with Gasteiger partial charge in [0, 0.05) is 12.2 Å². The van der Waals surface area contributed by atoms with Crippen LogP contribution in [-0.2, 0) is 14.3 Å². The summed E-state index contributed by atoms with van der Waals surface area (Å²) in [6.07, 6.45) is 1.95. The number of unbranched alkanes of at least 4 members (excludes halogenated alkanes) is 2. The van der Waals surface area contributed by atoms with Crippen LogP contribution in [-0.4, -0.2) is 41.0 Å². The minimum Gasteiger partial charge on any atom is -0.444 e. The highest BCUT2D eigenvalue weighted by atomic mass is 16.6. The summed E-state index contributed by atoms with van der Waals surface area (Å²) >= 11 is 0. The van der Waals surface area contributed by atoms with Crippen LogP contribution in [0.5, 0.6) is 0 Å². The van der Waals surface area contributed by atoms with Gasteiger partial charge < -0.3 is 20.3 Å². The lowest BCUT2D eigenvalue weighted by Crippen LogP contribution is -2.51. The Morgan fingerprint density at radius 2 is 1.59 bits per heavy atom. The third-order valence-corrected chi connectivity index (χ3v) is 6.04. The third kappa shape index (κ3) is 8.92. The van der Waals surface area contributed by atoms with Gasteiger partial charge in [-0.3, -0.25) is 9.59 Å². The molecule has 2 unspecified atom stereocenters. The number of para-hydroxylation sites is 1. The van der Waals surface area contributed by atoms with Gasteiger partial charge in [0.1, 0.15) is 17.7 Å². The molecule has 0 bridgehead atoms. The summed E-state index contributed by atoms with van der Waals surface area (Å²) in [6.45, 7) is 15.2. The summed E-state index contributed by atoms with van der Waals surface area (Å²) in [7, 11) is 0. The summed E-state index contributed by atoms with van der Waals surface area (Å²) in [5.41, 5.74) is 3.65. The number of carbonyl (C=O) groups is 3. The number of anilines is 1. The van der Waals surface area contributed by atoms with Crippen LogP contribution in [0.15, 0.2) is 42.5 Å². The Labute approximate surface area is 222 Å². The monoisotopic (exact) mass is 509 g/mol. The van der Waals surface area contributed by atoms with Crippen molar-refractivity contribution in [2.24, 2.45) is 0 Å². The molecular formula is C30H43N3O4. The summed E-state index contributed by atoms with van der Waals surface area (Å²) in [4.78, 5) is 41.7. The Morgan fingerprint density at radius 1 is 0.973 bits per heavy atom. The predicted molar refractivity (Wildman–Crippen MR) is 149 cm³/mol. The van der Waals surface area contributed by atoms with Crippen LogP contribution >= 0.6 is 0 Å². The zero-order valence-corrected chi connectivity index (χ0v) is 23.6. The fourth-order valence-corrected chi connectivity index (χ4v) is 4.21. The maximum Gasteiger partial charge on any atom is 0.408 e. The van der Waals surface area contributed by atoms with Gasteiger partial charge in [0.05, 0.1) is 0 Å². The normalized spacial score (nSPS) is 12.9. The van der Waals surface area contributed by atoms with Crippen LogP contribution in [0.2, 0.25) is 0 Å². The average Bonchev–Trinajstić information content (AvgIpc) is 2.79. The van der Waals surface area contributed by atoms with Crippen LogP contribution < -0.4 is 10.6 Å². The van der Waals surface area contributed by atoms with Crippen molar-refractivity contribution in [3.8, 4) is 0 Å². The zero-order valence-electron chi connectivity index (χ0n) is 23.6. The largest absolute Gasteiger partial charge is 0.444 e. The molecule has 0 aliphatic carbocycles. The standard InChI is InChI=1S/C30H43N3O4/c1-9-10-11-18-33(28(35)23(5)31-29(36)37-30(6,7)8)26(24-17-12-14-20(2)19-24)27(34)32-25-21(3)15-13-16-22(25)4/h12-17,19,23,26H,9-11,18H2,1-8H3,(H,31,36)(H,32,34). The molecule has 2 atom stereocenters. The topological polar surface area (TPSA) is 87.7 Å². The van der Waals surface area contributed by atoms with E-state index in [0.29, 0.717) is 6.54 Å². The van der Waals surface area contributed by atoms with Gasteiger partial charge in [0.15, 0.2) is 0 Å². The van der Waals surface area contributed by atoms with E-state index in [0.717, 1.165) is 47.2 Å². The fourth-order valence-electron chi connectivity index (χ4n) is 4.21. The molecule has 0 spiro atoms. The molecule has 0 aliphatic heterocycles. The number of nitrogens with zero attached hydrogens (tertiary/aromatic N) is 1. The van der Waals surface area contributed by atoms with Crippen molar-refractivity contribution in [3.63, 3.8) is 0 Å². The minimum atomic E-state index is -0.878. The SMILES string of the molecule is CCCCCN(C(=O)C(C)NC(=O)OC(C)(C)C)C(C(=O)Nc1c(C)cccc1C)c1cccc(C)c1. The minimum absolute atomic E-state index is 0.294. The first-order valence-electron chi connectivity index (χ1n) is 13.1. The lowest BCUT2D eigenvalue weighted by atomic mass is 9.99. The molecule has 0 fully saturated rings. The number of amides is 3. The number of hydrogen-bond donors (Lipinski definition) is 2. The number of nitrogens with one attached hydrogen (secondary N) is 2. The van der Waals surface area contributed by atoms with Crippen LogP contribution in [0.25, 0.3) is 0 Å². The summed E-state index contributed by atoms with van der Waals surface area (Å²) in [6, 6.07) is 11.7. The van der Waals surface area contributed by atoms with Crippen molar-refractivity contribution in [1.82, 2.24) is 10.2 Å². The van der Waals surface area contributed by atoms with Gasteiger partial charge in [-0.2, -0.15) is 0 Å². The van der Waals surface area contributed by atoms with Crippen LogP contribution in [0.3, 0.4) is 0 Å². The second kappa shape index (κ2) is 13.3. The van der Waals surface area contributed by atoms with E-state index >= 15 is 0 Å². The Morgan fingerprint density at radius 3 is 2.16 bits per heavy atom. The number of carbonyl (C=O) groups excluding carboxylic acids is 3. The highest BCUT2D eigenvalue weighted by molar-refractivity contribution is 5.99. The molecule has 0 radical (unpaired) electrons. The van der Waals surface area contributed by atoms with Gasteiger partial charge in [-0.15, -0.1) is 0 Å². The molecule has 3 amide bonds. The molecule has 2 rings (SSSR count). The number of hydrogen-bond acceptors (Lipinski definition) is 4. The Kier molecular flexibility index (Phi) is 10.7. The van der Waals surface area contributed by atoms with Crippen LogP contribution in [0.1, 0.15) is 82.2 Å². The molecule has 2 aromatic carbocycles. The summed E-state index contributed by atoms with van der Waals surface area (Å²) < 4.78 is 5.35. The molecule has 7 heteroatoms. The Bertz CT molecular complexity index is 1070. The van der Waals surface area contributed by atoms with Crippen molar-refractivity contribution in [3.05, 3.63) is 64.7 Å². The second-order valence-corrected chi connectivity index (χ2v) is 10.7. The maximum atomic E-state index is 13.9. The molecule has 0 saturated carbocycles. The molecule has 0 heterocycles. The number of rotatable bonds is 10. The fraction of sp³-hybridized carbons (Fsp3) is 0.500. The van der Waals surface area contributed by atoms with Gasteiger partial charge in [0.2, 0.25) is 5.91 Å². The molecule has 7 nitrogen and oxygen atoms in total. The van der Waals surface area contributed by atoms with Gasteiger partial charge in [-0.05, 0) is 71.6 Å². The van der Waals surface area contributed by atoms with Crippen molar-refractivity contribution in [2.45, 2.75) is 92.3 Å². The molecule has 37 heavy (non-hydrogen) atoms. The number of aryl methyl sites for hydroxylation is 3.